The largest absolute Gasteiger partial charge is 0.493 e. The number of aliphatic hydroxyl groups is 1. The van der Waals surface area contributed by atoms with Gasteiger partial charge in [0.25, 0.3) is 0 Å². The molecule has 0 unspecified atom stereocenters. The van der Waals surface area contributed by atoms with E-state index in [9.17, 15) is 4.39 Å². The molecule has 0 aliphatic heterocycles. The Kier molecular flexibility index (Phi) is 4.83. The molecule has 1 aromatic carbocycles. The summed E-state index contributed by atoms with van der Waals surface area (Å²) in [5.41, 5.74) is 0.414. The fourth-order valence-corrected chi connectivity index (χ4v) is 1.72. The maximum atomic E-state index is 13.7. The number of aliphatic hydroxyl groups excluding tert-OH is 1. The second kappa shape index (κ2) is 5.92. The fraction of sp³-hybridized carbons (Fsp3) is 0.455. The number of hydrogen-bond acceptors (Lipinski definition) is 3. The predicted molar refractivity (Wildman–Crippen MR) is 59.9 cm³/mol. The molecule has 0 aromatic heterocycles. The molecule has 3 nitrogen and oxygen atoms in total. The van der Waals surface area contributed by atoms with Crippen LogP contribution in [0.3, 0.4) is 0 Å². The summed E-state index contributed by atoms with van der Waals surface area (Å²) in [7, 11) is 2.86. The van der Waals surface area contributed by atoms with E-state index in [0.717, 1.165) is 0 Å². The van der Waals surface area contributed by atoms with Gasteiger partial charge in [-0.25, -0.2) is 4.39 Å². The van der Waals surface area contributed by atoms with Gasteiger partial charge >= 0.3 is 0 Å². The zero-order chi connectivity index (χ0) is 12.1. The summed E-state index contributed by atoms with van der Waals surface area (Å²) in [4.78, 5) is 0. The Bertz CT molecular complexity index is 369. The molecule has 0 bridgehead atoms. The minimum Gasteiger partial charge on any atom is -0.493 e. The van der Waals surface area contributed by atoms with E-state index in [2.05, 4.69) is 0 Å². The Morgan fingerprint density at radius 1 is 1.38 bits per heavy atom. The van der Waals surface area contributed by atoms with Gasteiger partial charge in [0, 0.05) is 6.61 Å². The van der Waals surface area contributed by atoms with Crippen molar-refractivity contribution in [1.29, 1.82) is 0 Å². The lowest BCUT2D eigenvalue weighted by molar-refractivity contribution is 0.287. The number of hydrogen-bond donors (Lipinski definition) is 1. The third kappa shape index (κ3) is 2.57. The van der Waals surface area contributed by atoms with Crippen molar-refractivity contribution in [2.45, 2.75) is 12.8 Å². The van der Waals surface area contributed by atoms with Crippen molar-refractivity contribution in [2.24, 2.45) is 0 Å². The highest BCUT2D eigenvalue weighted by atomic mass is 35.5. The van der Waals surface area contributed by atoms with Crippen LogP contribution in [0.25, 0.3) is 0 Å². The average Bonchev–Trinajstić information content (AvgIpc) is 2.30. The third-order valence-corrected chi connectivity index (χ3v) is 2.57. The lowest BCUT2D eigenvalue weighted by Crippen LogP contribution is -1.99. The molecule has 16 heavy (non-hydrogen) atoms. The maximum absolute atomic E-state index is 13.7. The molecule has 1 rings (SSSR count). The van der Waals surface area contributed by atoms with Gasteiger partial charge in [0.15, 0.2) is 11.5 Å². The number of methoxy groups -OCH3 is 2. The molecule has 0 fully saturated rings. The van der Waals surface area contributed by atoms with E-state index < -0.39 is 5.82 Å². The minimum atomic E-state index is -0.521. The van der Waals surface area contributed by atoms with Crippen molar-refractivity contribution in [2.75, 3.05) is 20.8 Å². The Morgan fingerprint density at radius 3 is 2.56 bits per heavy atom. The van der Waals surface area contributed by atoms with Gasteiger partial charge in [-0.2, -0.15) is 0 Å². The first-order chi connectivity index (χ1) is 7.65. The molecule has 0 saturated carbocycles. The van der Waals surface area contributed by atoms with Gasteiger partial charge in [-0.3, -0.25) is 0 Å². The average molecular weight is 249 g/mol. The van der Waals surface area contributed by atoms with Crippen LogP contribution in [0, 0.1) is 5.82 Å². The molecule has 1 aromatic rings. The Balaban J connectivity index is 3.16. The summed E-state index contributed by atoms with van der Waals surface area (Å²) in [5.74, 6) is 0.0593. The summed E-state index contributed by atoms with van der Waals surface area (Å²) in [6.45, 7) is 0.00536. The van der Waals surface area contributed by atoms with Crippen LogP contribution in [0.1, 0.15) is 12.0 Å². The van der Waals surface area contributed by atoms with Crippen molar-refractivity contribution >= 4 is 11.6 Å². The molecular formula is C11H14ClFO3. The smallest absolute Gasteiger partial charge is 0.182 e. The van der Waals surface area contributed by atoms with Gasteiger partial charge in [0.1, 0.15) is 10.8 Å². The summed E-state index contributed by atoms with van der Waals surface area (Å²) < 4.78 is 23.8. The zero-order valence-corrected chi connectivity index (χ0v) is 9.97. The monoisotopic (exact) mass is 248 g/mol. The van der Waals surface area contributed by atoms with Crippen LogP contribution < -0.4 is 9.47 Å². The van der Waals surface area contributed by atoms with Crippen molar-refractivity contribution in [3.63, 3.8) is 0 Å². The molecule has 0 spiro atoms. The van der Waals surface area contributed by atoms with Crippen molar-refractivity contribution in [1.82, 2.24) is 0 Å². The van der Waals surface area contributed by atoms with Crippen LogP contribution in [-0.4, -0.2) is 25.9 Å². The van der Waals surface area contributed by atoms with Gasteiger partial charge < -0.3 is 14.6 Å². The Hall–Kier alpha value is -1.00. The van der Waals surface area contributed by atoms with E-state index >= 15 is 0 Å². The molecule has 0 saturated heterocycles. The second-order valence-corrected chi connectivity index (χ2v) is 3.60. The summed E-state index contributed by atoms with van der Waals surface area (Å²) in [5, 5.41) is 8.62. The summed E-state index contributed by atoms with van der Waals surface area (Å²) >= 11 is 5.82. The molecule has 1 N–H and O–H groups in total. The van der Waals surface area contributed by atoms with E-state index in [1.165, 1.54) is 20.3 Å². The van der Waals surface area contributed by atoms with E-state index in [-0.39, 0.29) is 17.4 Å². The van der Waals surface area contributed by atoms with E-state index in [1.807, 2.05) is 0 Å². The first-order valence-electron chi connectivity index (χ1n) is 4.85. The van der Waals surface area contributed by atoms with Gasteiger partial charge in [-0.05, 0) is 24.5 Å². The number of benzene rings is 1. The Morgan fingerprint density at radius 2 is 2.06 bits per heavy atom. The van der Waals surface area contributed by atoms with Crippen LogP contribution in [0.2, 0.25) is 5.02 Å². The first kappa shape index (κ1) is 13.1. The van der Waals surface area contributed by atoms with E-state index in [4.69, 9.17) is 26.2 Å². The van der Waals surface area contributed by atoms with Gasteiger partial charge in [0.2, 0.25) is 0 Å². The number of rotatable bonds is 5. The predicted octanol–water partition coefficient (Wildman–Crippen LogP) is 2.42. The topological polar surface area (TPSA) is 38.7 Å². The molecule has 0 radical (unpaired) electrons. The summed E-state index contributed by atoms with van der Waals surface area (Å²) in [6.07, 6.45) is 0.880. The third-order valence-electron chi connectivity index (χ3n) is 2.23. The minimum absolute atomic E-state index is 0.00536. The van der Waals surface area contributed by atoms with Gasteiger partial charge in [-0.1, -0.05) is 11.6 Å². The molecule has 0 heterocycles. The molecule has 0 aliphatic rings. The molecule has 5 heteroatoms. The van der Waals surface area contributed by atoms with Crippen LogP contribution in [0.4, 0.5) is 4.39 Å². The van der Waals surface area contributed by atoms with Gasteiger partial charge in [-0.15, -0.1) is 0 Å². The van der Waals surface area contributed by atoms with Crippen molar-refractivity contribution in [3.05, 3.63) is 22.5 Å². The van der Waals surface area contributed by atoms with Crippen molar-refractivity contribution in [3.8, 4) is 11.5 Å². The first-order valence-corrected chi connectivity index (χ1v) is 5.23. The molecule has 0 aliphatic carbocycles. The lowest BCUT2D eigenvalue weighted by atomic mass is 10.1. The second-order valence-electron chi connectivity index (χ2n) is 3.23. The summed E-state index contributed by atoms with van der Waals surface area (Å²) in [6, 6.07) is 1.54. The van der Waals surface area contributed by atoms with Crippen LogP contribution in [-0.2, 0) is 6.42 Å². The van der Waals surface area contributed by atoms with Crippen LogP contribution >= 0.6 is 11.6 Å². The number of halogens is 2. The molecule has 0 amide bonds. The normalized spacial score (nSPS) is 10.3. The Labute approximate surface area is 98.7 Å². The van der Waals surface area contributed by atoms with E-state index in [1.54, 1.807) is 0 Å². The number of aryl methyl sites for hydroxylation is 1. The SMILES string of the molecule is COc1cc(CCCO)c(F)c(Cl)c1OC. The highest BCUT2D eigenvalue weighted by Gasteiger charge is 2.17. The fourth-order valence-electron chi connectivity index (χ4n) is 1.43. The lowest BCUT2D eigenvalue weighted by Gasteiger charge is -2.13. The standard InChI is InChI=1S/C11H14ClFO3/c1-15-8-6-7(4-3-5-14)10(13)9(12)11(8)16-2/h6,14H,3-5H2,1-2H3. The van der Waals surface area contributed by atoms with Crippen LogP contribution in [0.15, 0.2) is 6.07 Å². The number of ether oxygens (including phenoxy) is 2. The van der Waals surface area contributed by atoms with Crippen LogP contribution in [0.5, 0.6) is 11.5 Å². The molecular weight excluding hydrogens is 235 g/mol. The maximum Gasteiger partial charge on any atom is 0.182 e. The quantitative estimate of drug-likeness (QED) is 0.870. The highest BCUT2D eigenvalue weighted by Crippen LogP contribution is 2.38. The molecule has 0 atom stereocenters. The van der Waals surface area contributed by atoms with Gasteiger partial charge in [0.05, 0.1) is 14.2 Å². The molecule has 90 valence electrons. The zero-order valence-electron chi connectivity index (χ0n) is 9.22. The van der Waals surface area contributed by atoms with E-state index in [0.29, 0.717) is 24.2 Å². The highest BCUT2D eigenvalue weighted by molar-refractivity contribution is 6.32. The van der Waals surface area contributed by atoms with Crippen molar-refractivity contribution < 1.29 is 19.0 Å².